The van der Waals surface area contributed by atoms with Crippen LogP contribution < -0.4 is 10.3 Å². The summed E-state index contributed by atoms with van der Waals surface area (Å²) in [6.45, 7) is 0.232. The van der Waals surface area contributed by atoms with E-state index in [0.717, 1.165) is 10.2 Å². The van der Waals surface area contributed by atoms with Crippen molar-refractivity contribution in [3.63, 3.8) is 0 Å². The maximum absolute atomic E-state index is 13.1. The van der Waals surface area contributed by atoms with Crippen LogP contribution in [-0.2, 0) is 17.9 Å². The molecule has 0 saturated heterocycles. The van der Waals surface area contributed by atoms with Crippen molar-refractivity contribution >= 4 is 33.6 Å². The van der Waals surface area contributed by atoms with Crippen molar-refractivity contribution in [3.8, 4) is 5.75 Å². The zero-order valence-electron chi connectivity index (χ0n) is 20.0. The predicted molar refractivity (Wildman–Crippen MR) is 135 cm³/mol. The Balaban J connectivity index is 1.25. The van der Waals surface area contributed by atoms with Gasteiger partial charge in [-0.25, -0.2) is 9.07 Å². The number of aryl methyl sites for hydroxylation is 1. The number of benzene rings is 3. The van der Waals surface area contributed by atoms with Crippen molar-refractivity contribution in [3.05, 3.63) is 100 Å². The van der Waals surface area contributed by atoms with E-state index >= 15 is 0 Å². The molecule has 0 aliphatic carbocycles. The molecule has 0 unspecified atom stereocenters. The van der Waals surface area contributed by atoms with Crippen molar-refractivity contribution in [2.24, 2.45) is 5.92 Å². The van der Waals surface area contributed by atoms with Crippen LogP contribution in [0.1, 0.15) is 29.0 Å². The van der Waals surface area contributed by atoms with E-state index < -0.39 is 17.7 Å². The van der Waals surface area contributed by atoms with Crippen LogP contribution in [-0.4, -0.2) is 31.9 Å². The molecular formula is C28H22FN3O6. The zero-order chi connectivity index (χ0) is 26.6. The molecule has 0 aliphatic rings. The summed E-state index contributed by atoms with van der Waals surface area (Å²) >= 11 is 0. The quantitative estimate of drug-likeness (QED) is 0.267. The SMILES string of the molecule is O=C(C[C@H](CCn1nnc2ccccc2c1=O)C(=O)O)c1cc2cc(OCc3ccc(F)cc3)ccc2o1. The third kappa shape index (κ3) is 5.44. The number of carbonyl (C=O) groups is 2. The number of nitrogens with zero attached hydrogens (tertiary/aromatic N) is 3. The summed E-state index contributed by atoms with van der Waals surface area (Å²) < 4.78 is 25.6. The number of aromatic nitrogens is 3. The van der Waals surface area contributed by atoms with Gasteiger partial charge in [-0.3, -0.25) is 14.4 Å². The van der Waals surface area contributed by atoms with E-state index in [4.69, 9.17) is 9.15 Å². The van der Waals surface area contributed by atoms with E-state index in [2.05, 4.69) is 10.3 Å². The fourth-order valence-electron chi connectivity index (χ4n) is 4.08. The van der Waals surface area contributed by atoms with Crippen LogP contribution in [0.25, 0.3) is 21.9 Å². The van der Waals surface area contributed by atoms with Crippen molar-refractivity contribution in [1.82, 2.24) is 15.0 Å². The highest BCUT2D eigenvalue weighted by Gasteiger charge is 2.24. The maximum Gasteiger partial charge on any atom is 0.307 e. The number of aliphatic carboxylic acids is 1. The first-order chi connectivity index (χ1) is 18.4. The lowest BCUT2D eigenvalue weighted by Gasteiger charge is -2.11. The minimum absolute atomic E-state index is 0.00417. The van der Waals surface area contributed by atoms with E-state index in [0.29, 0.717) is 27.6 Å². The van der Waals surface area contributed by atoms with E-state index in [1.165, 1.54) is 12.1 Å². The zero-order valence-corrected chi connectivity index (χ0v) is 20.0. The molecule has 5 aromatic rings. The Bertz CT molecular complexity index is 1690. The molecular weight excluding hydrogens is 493 g/mol. The number of ether oxygens (including phenoxy) is 1. The second-order valence-electron chi connectivity index (χ2n) is 8.81. The maximum atomic E-state index is 13.1. The lowest BCUT2D eigenvalue weighted by atomic mass is 9.98. The van der Waals surface area contributed by atoms with Gasteiger partial charge in [0.2, 0.25) is 0 Å². The lowest BCUT2D eigenvalue weighted by Crippen LogP contribution is -2.27. The van der Waals surface area contributed by atoms with Crippen LogP contribution in [0.4, 0.5) is 4.39 Å². The molecule has 0 spiro atoms. The van der Waals surface area contributed by atoms with Crippen molar-refractivity contribution in [2.45, 2.75) is 26.0 Å². The Morgan fingerprint density at radius 2 is 1.84 bits per heavy atom. The molecule has 5 rings (SSSR count). The van der Waals surface area contributed by atoms with E-state index in [9.17, 15) is 23.9 Å². The summed E-state index contributed by atoms with van der Waals surface area (Å²) in [5.41, 5.74) is 1.33. The standard InChI is InChI=1S/C28H22FN3O6/c29-20-7-5-17(6-8-20)16-37-21-9-10-25-19(13-21)15-26(38-25)24(33)14-18(28(35)36)11-12-32-27(34)22-3-1-2-4-23(22)30-31-32/h1-10,13,15,18H,11-12,14,16H2,(H,35,36)/t18-/m0/s1. The van der Waals surface area contributed by atoms with Gasteiger partial charge in [0.1, 0.15) is 29.3 Å². The van der Waals surface area contributed by atoms with E-state index in [-0.39, 0.29) is 43.1 Å². The first-order valence-electron chi connectivity index (χ1n) is 11.9. The highest BCUT2D eigenvalue weighted by Crippen LogP contribution is 2.27. The van der Waals surface area contributed by atoms with Gasteiger partial charge in [-0.2, -0.15) is 0 Å². The van der Waals surface area contributed by atoms with Crippen LogP contribution >= 0.6 is 0 Å². The number of carboxylic acids is 1. The van der Waals surface area contributed by atoms with Gasteiger partial charge in [-0.05, 0) is 60.5 Å². The molecule has 2 aromatic heterocycles. The van der Waals surface area contributed by atoms with Crippen LogP contribution in [0.2, 0.25) is 0 Å². The van der Waals surface area contributed by atoms with E-state index in [1.807, 2.05) is 0 Å². The number of ketones is 1. The third-order valence-electron chi connectivity index (χ3n) is 6.18. The predicted octanol–water partition coefficient (Wildman–Crippen LogP) is 4.62. The summed E-state index contributed by atoms with van der Waals surface area (Å²) in [7, 11) is 0. The fraction of sp³-hybridized carbons (Fsp3) is 0.179. The van der Waals surface area contributed by atoms with Gasteiger partial charge in [-0.1, -0.05) is 29.5 Å². The minimum atomic E-state index is -1.16. The van der Waals surface area contributed by atoms with Gasteiger partial charge in [0.05, 0.1) is 11.3 Å². The molecule has 2 heterocycles. The number of hydrogen-bond donors (Lipinski definition) is 1. The number of furan rings is 1. The number of Topliss-reactive ketones (excluding diaryl/α,β-unsaturated/α-hetero) is 1. The molecule has 10 heteroatoms. The number of rotatable bonds is 10. The van der Waals surface area contributed by atoms with Gasteiger partial charge < -0.3 is 14.3 Å². The smallest absolute Gasteiger partial charge is 0.307 e. The molecule has 0 radical (unpaired) electrons. The Hall–Kier alpha value is -4.86. The molecule has 0 bridgehead atoms. The summed E-state index contributed by atoms with van der Waals surface area (Å²) in [6, 6.07) is 19.3. The third-order valence-corrected chi connectivity index (χ3v) is 6.18. The Labute approximate surface area is 215 Å². The summed E-state index contributed by atoms with van der Waals surface area (Å²) in [4.78, 5) is 37.4. The lowest BCUT2D eigenvalue weighted by molar-refractivity contribution is -0.142. The highest BCUT2D eigenvalue weighted by atomic mass is 19.1. The number of fused-ring (bicyclic) bond motifs is 2. The second kappa shape index (κ2) is 10.6. The number of halogens is 1. The molecule has 3 aromatic carbocycles. The molecule has 1 N–H and O–H groups in total. The van der Waals surface area contributed by atoms with Crippen molar-refractivity contribution in [2.75, 3.05) is 0 Å². The van der Waals surface area contributed by atoms with Crippen LogP contribution in [0, 0.1) is 11.7 Å². The molecule has 9 nitrogen and oxygen atoms in total. The second-order valence-corrected chi connectivity index (χ2v) is 8.81. The molecule has 0 amide bonds. The minimum Gasteiger partial charge on any atom is -0.489 e. The van der Waals surface area contributed by atoms with Crippen molar-refractivity contribution in [1.29, 1.82) is 0 Å². The van der Waals surface area contributed by atoms with Crippen LogP contribution in [0.3, 0.4) is 0 Å². The van der Waals surface area contributed by atoms with Gasteiger partial charge in [0.15, 0.2) is 11.5 Å². The summed E-state index contributed by atoms with van der Waals surface area (Å²) in [6.07, 6.45) is -0.297. The van der Waals surface area contributed by atoms with Gasteiger partial charge in [0, 0.05) is 18.4 Å². The number of carbonyl (C=O) groups excluding carboxylic acids is 1. The van der Waals surface area contributed by atoms with Gasteiger partial charge in [-0.15, -0.1) is 5.10 Å². The van der Waals surface area contributed by atoms with E-state index in [1.54, 1.807) is 60.7 Å². The largest absolute Gasteiger partial charge is 0.489 e. The van der Waals surface area contributed by atoms with Gasteiger partial charge in [0.25, 0.3) is 5.56 Å². The molecule has 0 saturated carbocycles. The topological polar surface area (TPSA) is 125 Å². The average molecular weight is 515 g/mol. The summed E-state index contributed by atoms with van der Waals surface area (Å²) in [5, 5.41) is 18.6. The fourth-order valence-corrected chi connectivity index (χ4v) is 4.08. The Morgan fingerprint density at radius 1 is 1.05 bits per heavy atom. The molecule has 192 valence electrons. The molecule has 0 fully saturated rings. The normalized spacial score (nSPS) is 12.0. The first kappa shape index (κ1) is 24.8. The highest BCUT2D eigenvalue weighted by molar-refractivity contribution is 5.99. The number of carboxylic acid groups (broad SMARTS) is 1. The molecule has 0 aliphatic heterocycles. The molecule has 38 heavy (non-hydrogen) atoms. The van der Waals surface area contributed by atoms with Crippen LogP contribution in [0.5, 0.6) is 5.75 Å². The van der Waals surface area contributed by atoms with Gasteiger partial charge >= 0.3 is 5.97 Å². The monoisotopic (exact) mass is 515 g/mol. The van der Waals surface area contributed by atoms with Crippen LogP contribution in [0.15, 0.2) is 82.0 Å². The first-order valence-corrected chi connectivity index (χ1v) is 11.9. The number of hydrogen-bond acceptors (Lipinski definition) is 7. The molecule has 1 atom stereocenters. The average Bonchev–Trinajstić information content (AvgIpc) is 3.35. The Morgan fingerprint density at radius 3 is 2.63 bits per heavy atom. The summed E-state index contributed by atoms with van der Waals surface area (Å²) in [5.74, 6) is -2.44. The Kier molecular flexibility index (Phi) is 6.94. The van der Waals surface area contributed by atoms with Crippen molar-refractivity contribution < 1.29 is 28.2 Å².